The van der Waals surface area contributed by atoms with E-state index in [1.165, 1.54) is 0 Å². The molecule has 0 aliphatic carbocycles. The summed E-state index contributed by atoms with van der Waals surface area (Å²) in [5.74, 6) is -0.872. The molecule has 2 bridgehead atoms. The van der Waals surface area contributed by atoms with Gasteiger partial charge in [0.25, 0.3) is 0 Å². The van der Waals surface area contributed by atoms with Gasteiger partial charge >= 0.3 is 0 Å². The average Bonchev–Trinajstić information content (AvgIpc) is 2.64. The van der Waals surface area contributed by atoms with E-state index in [9.17, 15) is 9.59 Å². The Morgan fingerprint density at radius 3 is 2.08 bits per heavy atom. The highest BCUT2D eigenvalue weighted by molar-refractivity contribution is 6.06. The number of amides is 2. The average molecular weight is 165 g/mol. The number of hydrogen-bond donors (Lipinski definition) is 1. The van der Waals surface area contributed by atoms with Crippen LogP contribution in [0.15, 0.2) is 12.2 Å². The molecular formula is C8H7NO3. The van der Waals surface area contributed by atoms with E-state index in [4.69, 9.17) is 4.74 Å². The van der Waals surface area contributed by atoms with E-state index in [2.05, 4.69) is 5.32 Å². The van der Waals surface area contributed by atoms with Crippen LogP contribution in [0.5, 0.6) is 0 Å². The van der Waals surface area contributed by atoms with Crippen molar-refractivity contribution in [2.24, 2.45) is 11.8 Å². The van der Waals surface area contributed by atoms with Crippen molar-refractivity contribution in [3.8, 4) is 0 Å². The standard InChI is InChI=1S/C8H7NO3/c10-7-5-3-1-2-4(12-3)6(5)8(11)9-7/h1-6H,(H,9,10,11)/t3-,4+,5-,6-/m0/s1. The largest absolute Gasteiger partial charge is 0.365 e. The molecule has 62 valence electrons. The Labute approximate surface area is 68.6 Å². The number of ether oxygens (including phenoxy) is 1. The third-order valence-electron chi connectivity index (χ3n) is 2.75. The van der Waals surface area contributed by atoms with Crippen LogP contribution in [0.4, 0.5) is 0 Å². The van der Waals surface area contributed by atoms with Crippen LogP contribution in [0.25, 0.3) is 0 Å². The molecule has 3 aliphatic heterocycles. The van der Waals surface area contributed by atoms with Gasteiger partial charge in [0.05, 0.1) is 24.0 Å². The van der Waals surface area contributed by atoms with Crippen LogP contribution in [0, 0.1) is 11.8 Å². The molecule has 3 heterocycles. The highest BCUT2D eigenvalue weighted by Crippen LogP contribution is 2.41. The molecule has 12 heavy (non-hydrogen) atoms. The molecule has 2 amide bonds. The molecule has 4 atom stereocenters. The van der Waals surface area contributed by atoms with Gasteiger partial charge in [-0.3, -0.25) is 14.9 Å². The maximum atomic E-state index is 11.2. The molecule has 0 unspecified atom stereocenters. The third-order valence-corrected chi connectivity index (χ3v) is 2.75. The van der Waals surface area contributed by atoms with Gasteiger partial charge in [0.15, 0.2) is 0 Å². The van der Waals surface area contributed by atoms with Crippen molar-refractivity contribution in [3.63, 3.8) is 0 Å². The van der Waals surface area contributed by atoms with E-state index in [-0.39, 0.29) is 35.9 Å². The molecule has 4 nitrogen and oxygen atoms in total. The van der Waals surface area contributed by atoms with Crippen LogP contribution in [0.3, 0.4) is 0 Å². The Morgan fingerprint density at radius 2 is 1.58 bits per heavy atom. The highest BCUT2D eigenvalue weighted by atomic mass is 16.5. The molecule has 1 N–H and O–H groups in total. The summed E-state index contributed by atoms with van der Waals surface area (Å²) < 4.78 is 5.39. The van der Waals surface area contributed by atoms with Gasteiger partial charge in [0, 0.05) is 0 Å². The van der Waals surface area contributed by atoms with Gasteiger partial charge in [0.1, 0.15) is 0 Å². The summed E-state index contributed by atoms with van der Waals surface area (Å²) >= 11 is 0. The summed E-state index contributed by atoms with van der Waals surface area (Å²) in [5, 5.41) is 2.32. The van der Waals surface area contributed by atoms with Crippen LogP contribution < -0.4 is 5.32 Å². The lowest BCUT2D eigenvalue weighted by molar-refractivity contribution is -0.128. The third kappa shape index (κ3) is 0.536. The zero-order valence-electron chi connectivity index (χ0n) is 6.19. The molecule has 3 rings (SSSR count). The van der Waals surface area contributed by atoms with Crippen molar-refractivity contribution in [1.29, 1.82) is 0 Å². The van der Waals surface area contributed by atoms with Crippen molar-refractivity contribution in [3.05, 3.63) is 12.2 Å². The lowest BCUT2D eigenvalue weighted by Crippen LogP contribution is -2.27. The normalized spacial score (nSPS) is 48.3. The predicted molar refractivity (Wildman–Crippen MR) is 37.9 cm³/mol. The quantitative estimate of drug-likeness (QED) is 0.378. The predicted octanol–water partition coefficient (Wildman–Crippen LogP) is -0.788. The monoisotopic (exact) mass is 165 g/mol. The minimum absolute atomic E-state index is 0.161. The zero-order valence-corrected chi connectivity index (χ0v) is 6.19. The van der Waals surface area contributed by atoms with E-state index in [0.717, 1.165) is 0 Å². The second-order valence-electron chi connectivity index (χ2n) is 3.36. The number of imide groups is 1. The topological polar surface area (TPSA) is 55.4 Å². The maximum absolute atomic E-state index is 11.2. The minimum Gasteiger partial charge on any atom is -0.365 e. The fourth-order valence-corrected chi connectivity index (χ4v) is 2.22. The molecule has 0 spiro atoms. The van der Waals surface area contributed by atoms with Gasteiger partial charge in [-0.1, -0.05) is 12.2 Å². The summed E-state index contributed by atoms with van der Waals surface area (Å²) in [6.45, 7) is 0. The maximum Gasteiger partial charge on any atom is 0.233 e. The SMILES string of the molecule is O=C1NC(=O)[C@@H]2[C@@H]1[C@@H]1C=C[C@H]2O1. The Balaban J connectivity index is 2.08. The summed E-state index contributed by atoms with van der Waals surface area (Å²) in [6, 6.07) is 0. The second-order valence-corrected chi connectivity index (χ2v) is 3.36. The summed E-state index contributed by atoms with van der Waals surface area (Å²) in [5.41, 5.74) is 0. The van der Waals surface area contributed by atoms with Gasteiger partial charge in [-0.2, -0.15) is 0 Å². The first-order chi connectivity index (χ1) is 5.77. The molecule has 0 aromatic carbocycles. The van der Waals surface area contributed by atoms with Crippen LogP contribution >= 0.6 is 0 Å². The molecule has 0 saturated carbocycles. The van der Waals surface area contributed by atoms with Crippen LogP contribution in [-0.2, 0) is 14.3 Å². The first-order valence-electron chi connectivity index (χ1n) is 3.96. The van der Waals surface area contributed by atoms with E-state index in [1.54, 1.807) is 0 Å². The fraction of sp³-hybridized carbons (Fsp3) is 0.500. The van der Waals surface area contributed by atoms with E-state index in [1.807, 2.05) is 12.2 Å². The molecular weight excluding hydrogens is 158 g/mol. The number of carbonyl (C=O) groups is 2. The summed E-state index contributed by atoms with van der Waals surface area (Å²) in [7, 11) is 0. The minimum atomic E-state index is -0.257. The van der Waals surface area contributed by atoms with E-state index in [0.29, 0.717) is 0 Å². The zero-order chi connectivity index (χ0) is 8.29. The van der Waals surface area contributed by atoms with Gasteiger partial charge in [-0.05, 0) is 0 Å². The van der Waals surface area contributed by atoms with E-state index < -0.39 is 0 Å². The first-order valence-corrected chi connectivity index (χ1v) is 3.96. The molecule has 3 aliphatic rings. The lowest BCUT2D eigenvalue weighted by Gasteiger charge is -2.10. The number of nitrogens with one attached hydrogen (secondary N) is 1. The molecule has 2 fully saturated rings. The lowest BCUT2D eigenvalue weighted by atomic mass is 9.85. The summed E-state index contributed by atoms with van der Waals surface area (Å²) in [4.78, 5) is 22.4. The van der Waals surface area contributed by atoms with Crippen LogP contribution in [0.1, 0.15) is 0 Å². The summed E-state index contributed by atoms with van der Waals surface area (Å²) in [6.07, 6.45) is 3.41. The van der Waals surface area contributed by atoms with Crippen molar-refractivity contribution in [2.75, 3.05) is 0 Å². The van der Waals surface area contributed by atoms with E-state index >= 15 is 0 Å². The second kappa shape index (κ2) is 1.77. The number of hydrogen-bond acceptors (Lipinski definition) is 3. The number of carbonyl (C=O) groups excluding carboxylic acids is 2. The molecule has 4 heteroatoms. The fourth-order valence-electron chi connectivity index (χ4n) is 2.22. The van der Waals surface area contributed by atoms with Gasteiger partial charge in [0.2, 0.25) is 11.8 Å². The molecule has 2 saturated heterocycles. The Hall–Kier alpha value is -1.16. The molecule has 0 aromatic rings. The van der Waals surface area contributed by atoms with Crippen LogP contribution in [-0.4, -0.2) is 24.0 Å². The van der Waals surface area contributed by atoms with Gasteiger partial charge < -0.3 is 4.74 Å². The highest BCUT2D eigenvalue weighted by Gasteiger charge is 2.57. The van der Waals surface area contributed by atoms with Crippen molar-refractivity contribution in [1.82, 2.24) is 5.32 Å². The number of fused-ring (bicyclic) bond motifs is 5. The smallest absolute Gasteiger partial charge is 0.233 e. The molecule has 0 aromatic heterocycles. The molecule has 0 radical (unpaired) electrons. The van der Waals surface area contributed by atoms with Gasteiger partial charge in [-0.25, -0.2) is 0 Å². The Kier molecular flexibility index (Phi) is 0.939. The van der Waals surface area contributed by atoms with Crippen molar-refractivity contribution in [2.45, 2.75) is 12.2 Å². The Morgan fingerprint density at radius 1 is 1.08 bits per heavy atom. The van der Waals surface area contributed by atoms with Gasteiger partial charge in [-0.15, -0.1) is 0 Å². The first kappa shape index (κ1) is 6.37. The van der Waals surface area contributed by atoms with Crippen LogP contribution in [0.2, 0.25) is 0 Å². The Bertz CT molecular complexity index is 281. The van der Waals surface area contributed by atoms with Crippen molar-refractivity contribution >= 4 is 11.8 Å². The van der Waals surface area contributed by atoms with Crippen molar-refractivity contribution < 1.29 is 14.3 Å². The number of rotatable bonds is 0.